The molecular formula is C19H21ClN4O. The van der Waals surface area contributed by atoms with Crippen molar-refractivity contribution >= 4 is 28.7 Å². The van der Waals surface area contributed by atoms with E-state index >= 15 is 0 Å². The third-order valence-corrected chi connectivity index (χ3v) is 4.25. The smallest absolute Gasteiger partial charge is 0.224 e. The molecule has 3 rings (SSSR count). The van der Waals surface area contributed by atoms with Crippen LogP contribution in [0.25, 0.3) is 11.2 Å². The van der Waals surface area contributed by atoms with E-state index in [0.717, 1.165) is 22.6 Å². The molecule has 0 saturated heterocycles. The van der Waals surface area contributed by atoms with E-state index in [0.29, 0.717) is 5.02 Å². The minimum atomic E-state index is -0.219. The van der Waals surface area contributed by atoms with Crippen LogP contribution < -0.4 is 5.32 Å². The van der Waals surface area contributed by atoms with E-state index in [9.17, 15) is 4.79 Å². The Kier molecular flexibility index (Phi) is 5.04. The molecule has 0 radical (unpaired) electrons. The van der Waals surface area contributed by atoms with Crippen molar-refractivity contribution in [3.05, 3.63) is 59.0 Å². The van der Waals surface area contributed by atoms with E-state index in [2.05, 4.69) is 33.7 Å². The first kappa shape index (κ1) is 17.4. The van der Waals surface area contributed by atoms with Crippen molar-refractivity contribution in [3.8, 4) is 0 Å². The number of rotatable bonds is 5. The third kappa shape index (κ3) is 3.82. The van der Waals surface area contributed by atoms with E-state index in [4.69, 9.17) is 11.6 Å². The average Bonchev–Trinajstić information content (AvgIpc) is 2.94. The molecule has 1 atom stereocenters. The molecule has 130 valence electrons. The molecule has 0 bridgehead atoms. The fourth-order valence-electron chi connectivity index (χ4n) is 2.95. The molecule has 2 aromatic heterocycles. The average molecular weight is 357 g/mol. The van der Waals surface area contributed by atoms with Crippen LogP contribution in [0, 0.1) is 0 Å². The van der Waals surface area contributed by atoms with Crippen LogP contribution in [0.3, 0.4) is 0 Å². The number of amides is 1. The largest absolute Gasteiger partial charge is 0.346 e. The summed E-state index contributed by atoms with van der Waals surface area (Å²) in [5, 5.41) is 3.66. The number of benzene rings is 1. The van der Waals surface area contributed by atoms with Crippen molar-refractivity contribution in [1.82, 2.24) is 19.9 Å². The van der Waals surface area contributed by atoms with E-state index in [1.54, 1.807) is 18.3 Å². The summed E-state index contributed by atoms with van der Waals surface area (Å²) in [6.45, 7) is 6.11. The molecule has 0 fully saturated rings. The first-order valence-corrected chi connectivity index (χ1v) is 8.70. The Balaban J connectivity index is 1.81. The highest BCUT2D eigenvalue weighted by Crippen LogP contribution is 2.23. The van der Waals surface area contributed by atoms with Gasteiger partial charge in [0.1, 0.15) is 11.3 Å². The van der Waals surface area contributed by atoms with Crippen molar-refractivity contribution in [2.75, 3.05) is 0 Å². The highest BCUT2D eigenvalue weighted by molar-refractivity contribution is 6.30. The molecule has 1 amide bonds. The van der Waals surface area contributed by atoms with Crippen LogP contribution in [0.5, 0.6) is 0 Å². The van der Waals surface area contributed by atoms with Gasteiger partial charge in [-0.1, -0.05) is 23.7 Å². The molecule has 0 saturated carbocycles. The fraction of sp³-hybridized carbons (Fsp3) is 0.316. The monoisotopic (exact) mass is 356 g/mol. The summed E-state index contributed by atoms with van der Waals surface area (Å²) in [7, 11) is 0. The van der Waals surface area contributed by atoms with Crippen molar-refractivity contribution in [2.45, 2.75) is 39.3 Å². The molecule has 6 heteroatoms. The van der Waals surface area contributed by atoms with E-state index < -0.39 is 0 Å². The minimum Gasteiger partial charge on any atom is -0.346 e. The molecule has 3 aromatic rings. The predicted octanol–water partition coefficient (Wildman–Crippen LogP) is 4.09. The van der Waals surface area contributed by atoms with Crippen LogP contribution in [0.1, 0.15) is 44.2 Å². The number of carbonyl (C=O) groups is 1. The van der Waals surface area contributed by atoms with Gasteiger partial charge in [0.15, 0.2) is 5.65 Å². The molecule has 0 aliphatic carbocycles. The number of halogens is 1. The number of pyridine rings is 1. The Hall–Kier alpha value is -2.40. The van der Waals surface area contributed by atoms with Gasteiger partial charge in [-0.25, -0.2) is 9.97 Å². The van der Waals surface area contributed by atoms with Gasteiger partial charge in [-0.15, -0.1) is 0 Å². The van der Waals surface area contributed by atoms with Gasteiger partial charge in [0.05, 0.1) is 12.5 Å². The number of hydrogen-bond donors (Lipinski definition) is 1. The van der Waals surface area contributed by atoms with Gasteiger partial charge in [-0.05, 0) is 50.6 Å². The van der Waals surface area contributed by atoms with Crippen LogP contribution in [0.4, 0.5) is 0 Å². The van der Waals surface area contributed by atoms with Gasteiger partial charge in [-0.3, -0.25) is 4.79 Å². The number of aromatic nitrogens is 3. The molecule has 0 aliphatic rings. The Morgan fingerprint density at radius 2 is 2.04 bits per heavy atom. The number of nitrogens with one attached hydrogen (secondary N) is 1. The summed E-state index contributed by atoms with van der Waals surface area (Å²) in [5.41, 5.74) is 2.56. The van der Waals surface area contributed by atoms with Crippen LogP contribution >= 0.6 is 11.6 Å². The first-order chi connectivity index (χ1) is 12.0. The standard InChI is InChI=1S/C19H21ClN4O/c1-12(2)24-18(23-16-8-5-9-21-19(16)24)13(3)22-17(25)11-14-6-4-7-15(20)10-14/h4-10,12-13H,11H2,1-3H3,(H,22,25). The van der Waals surface area contributed by atoms with Crippen molar-refractivity contribution in [1.29, 1.82) is 0 Å². The third-order valence-electron chi connectivity index (χ3n) is 4.01. The molecule has 25 heavy (non-hydrogen) atoms. The fourth-order valence-corrected chi connectivity index (χ4v) is 3.16. The lowest BCUT2D eigenvalue weighted by Gasteiger charge is -2.18. The quantitative estimate of drug-likeness (QED) is 0.749. The zero-order chi connectivity index (χ0) is 18.0. The van der Waals surface area contributed by atoms with Crippen LogP contribution in [-0.2, 0) is 11.2 Å². The maximum Gasteiger partial charge on any atom is 0.224 e. The van der Waals surface area contributed by atoms with Crippen molar-refractivity contribution in [2.24, 2.45) is 0 Å². The summed E-state index contributed by atoms with van der Waals surface area (Å²) in [6.07, 6.45) is 2.04. The number of fused-ring (bicyclic) bond motifs is 1. The number of carbonyl (C=O) groups excluding carboxylic acids is 1. The molecule has 0 aliphatic heterocycles. The highest BCUT2D eigenvalue weighted by Gasteiger charge is 2.20. The lowest BCUT2D eigenvalue weighted by atomic mass is 10.1. The van der Waals surface area contributed by atoms with E-state index in [1.165, 1.54) is 0 Å². The number of hydrogen-bond acceptors (Lipinski definition) is 3. The van der Waals surface area contributed by atoms with E-state index in [-0.39, 0.29) is 24.4 Å². The normalized spacial score (nSPS) is 12.5. The van der Waals surface area contributed by atoms with Crippen LogP contribution in [0.2, 0.25) is 5.02 Å². The number of nitrogens with zero attached hydrogens (tertiary/aromatic N) is 3. The summed E-state index contributed by atoms with van der Waals surface area (Å²) in [6, 6.07) is 11.1. The molecule has 1 aromatic carbocycles. The maximum atomic E-state index is 12.4. The SMILES string of the molecule is CC(NC(=O)Cc1cccc(Cl)c1)c1nc2cccnc2n1C(C)C. The van der Waals surface area contributed by atoms with Crippen LogP contribution in [0.15, 0.2) is 42.6 Å². The molecule has 2 heterocycles. The molecule has 1 unspecified atom stereocenters. The lowest BCUT2D eigenvalue weighted by Crippen LogP contribution is -2.30. The molecule has 0 spiro atoms. The van der Waals surface area contributed by atoms with Crippen LogP contribution in [-0.4, -0.2) is 20.4 Å². The van der Waals surface area contributed by atoms with Gasteiger partial charge in [0, 0.05) is 17.3 Å². The Morgan fingerprint density at radius 1 is 1.24 bits per heavy atom. The van der Waals surface area contributed by atoms with Gasteiger partial charge >= 0.3 is 0 Å². The second-order valence-corrected chi connectivity index (χ2v) is 6.81. The minimum absolute atomic E-state index is 0.0647. The van der Waals surface area contributed by atoms with Crippen molar-refractivity contribution in [3.63, 3.8) is 0 Å². The molecule has 1 N–H and O–H groups in total. The number of imidazole rings is 1. The van der Waals surface area contributed by atoms with Gasteiger partial charge in [0.2, 0.25) is 5.91 Å². The Morgan fingerprint density at radius 3 is 2.76 bits per heavy atom. The van der Waals surface area contributed by atoms with Crippen molar-refractivity contribution < 1.29 is 4.79 Å². The zero-order valence-electron chi connectivity index (χ0n) is 14.5. The zero-order valence-corrected chi connectivity index (χ0v) is 15.3. The summed E-state index contributed by atoms with van der Waals surface area (Å²) < 4.78 is 2.07. The summed E-state index contributed by atoms with van der Waals surface area (Å²) in [4.78, 5) is 21.5. The van der Waals surface area contributed by atoms with Gasteiger partial charge in [-0.2, -0.15) is 0 Å². The Labute approximate surface area is 152 Å². The second-order valence-electron chi connectivity index (χ2n) is 6.38. The Bertz CT molecular complexity index is 903. The highest BCUT2D eigenvalue weighted by atomic mass is 35.5. The first-order valence-electron chi connectivity index (χ1n) is 8.32. The molecular weight excluding hydrogens is 336 g/mol. The predicted molar refractivity (Wildman–Crippen MR) is 99.6 cm³/mol. The summed E-state index contributed by atoms with van der Waals surface area (Å²) in [5.74, 6) is 0.744. The summed E-state index contributed by atoms with van der Waals surface area (Å²) >= 11 is 5.98. The topological polar surface area (TPSA) is 59.8 Å². The second kappa shape index (κ2) is 7.23. The van der Waals surface area contributed by atoms with E-state index in [1.807, 2.05) is 31.2 Å². The van der Waals surface area contributed by atoms with Gasteiger partial charge in [0.25, 0.3) is 0 Å². The van der Waals surface area contributed by atoms with Gasteiger partial charge < -0.3 is 9.88 Å². The lowest BCUT2D eigenvalue weighted by molar-refractivity contribution is -0.121. The molecule has 5 nitrogen and oxygen atoms in total. The maximum absolute atomic E-state index is 12.4.